The maximum atomic E-state index is 5.52. The molecule has 27 heavy (non-hydrogen) atoms. The van der Waals surface area contributed by atoms with E-state index in [-0.39, 0.29) is 5.54 Å². The number of hydrogen-bond acceptors (Lipinski definition) is 5. The van der Waals surface area contributed by atoms with Gasteiger partial charge < -0.3 is 9.64 Å². The van der Waals surface area contributed by atoms with Gasteiger partial charge in [-0.2, -0.15) is 5.10 Å². The van der Waals surface area contributed by atoms with E-state index in [4.69, 9.17) is 9.73 Å². The van der Waals surface area contributed by atoms with Crippen LogP contribution in [0.1, 0.15) is 37.8 Å². The number of nitrogens with one attached hydrogen (secondary N) is 1. The lowest BCUT2D eigenvalue weighted by molar-refractivity contribution is 0.0521. The molecule has 0 unspecified atom stereocenters. The molecule has 1 aromatic heterocycles. The first-order chi connectivity index (χ1) is 13.0. The first-order valence-corrected chi connectivity index (χ1v) is 9.61. The number of aliphatic imine (C=N–C) groups is 1. The Balaban J connectivity index is 1.59. The Bertz CT molecular complexity index is 847. The summed E-state index contributed by atoms with van der Waals surface area (Å²) < 4.78 is 5.52. The fourth-order valence-electron chi connectivity index (χ4n) is 3.73. The van der Waals surface area contributed by atoms with Gasteiger partial charge in [0.25, 0.3) is 0 Å². The molecule has 4 rings (SSSR count). The highest BCUT2D eigenvalue weighted by molar-refractivity contribution is 5.83. The van der Waals surface area contributed by atoms with E-state index in [9.17, 15) is 0 Å². The van der Waals surface area contributed by atoms with Crippen LogP contribution in [0.5, 0.6) is 0 Å². The van der Waals surface area contributed by atoms with Crippen molar-refractivity contribution < 1.29 is 4.74 Å². The number of nitrogens with zero attached hydrogens (tertiary/aromatic N) is 4. The van der Waals surface area contributed by atoms with E-state index in [1.54, 1.807) is 0 Å². The zero-order chi connectivity index (χ0) is 18.9. The third-order valence-electron chi connectivity index (χ3n) is 5.52. The molecule has 0 bridgehead atoms. The summed E-state index contributed by atoms with van der Waals surface area (Å²) in [6, 6.07) is 6.33. The van der Waals surface area contributed by atoms with Crippen LogP contribution >= 0.6 is 0 Å². The average Bonchev–Trinajstić information content (AvgIpc) is 3.19. The lowest BCUT2D eigenvalue weighted by Crippen LogP contribution is -2.46. The van der Waals surface area contributed by atoms with E-state index in [0.29, 0.717) is 5.92 Å². The lowest BCUT2D eigenvalue weighted by atomic mass is 9.94. The van der Waals surface area contributed by atoms with E-state index in [1.165, 1.54) is 11.9 Å². The zero-order valence-electron chi connectivity index (χ0n) is 16.3. The second-order valence-electron chi connectivity index (χ2n) is 8.00. The van der Waals surface area contributed by atoms with E-state index in [2.05, 4.69) is 71.5 Å². The van der Waals surface area contributed by atoms with Gasteiger partial charge in [0, 0.05) is 43.3 Å². The highest BCUT2D eigenvalue weighted by atomic mass is 16.5. The number of ether oxygens (including phenoxy) is 1. The van der Waals surface area contributed by atoms with Crippen LogP contribution in [-0.4, -0.2) is 51.6 Å². The predicted molar refractivity (Wildman–Crippen MR) is 107 cm³/mol. The Morgan fingerprint density at radius 3 is 2.78 bits per heavy atom. The van der Waals surface area contributed by atoms with E-state index in [0.717, 1.165) is 55.2 Å². The van der Waals surface area contributed by atoms with Gasteiger partial charge in [-0.05, 0) is 51.2 Å². The molecule has 2 aliphatic heterocycles. The Kier molecular flexibility index (Phi) is 4.83. The van der Waals surface area contributed by atoms with Crippen LogP contribution in [0.2, 0.25) is 0 Å². The lowest BCUT2D eigenvalue weighted by Gasteiger charge is -2.40. The summed E-state index contributed by atoms with van der Waals surface area (Å²) in [6.07, 6.45) is 8.11. The highest BCUT2D eigenvalue weighted by Crippen LogP contribution is 2.31. The van der Waals surface area contributed by atoms with Crippen LogP contribution in [0, 0.1) is 12.8 Å². The number of aromatic amines is 1. The van der Waals surface area contributed by atoms with Crippen LogP contribution in [0.3, 0.4) is 0 Å². The molecule has 2 aliphatic rings. The van der Waals surface area contributed by atoms with Crippen LogP contribution in [-0.2, 0) is 4.74 Å². The molecule has 6 nitrogen and oxygen atoms in total. The van der Waals surface area contributed by atoms with E-state index < -0.39 is 0 Å². The van der Waals surface area contributed by atoms with Crippen molar-refractivity contribution >= 4 is 11.9 Å². The second kappa shape index (κ2) is 7.27. The van der Waals surface area contributed by atoms with E-state index in [1.807, 2.05) is 0 Å². The molecule has 0 aliphatic carbocycles. The number of hydrogen-bond donors (Lipinski definition) is 1. The third-order valence-corrected chi connectivity index (χ3v) is 5.52. The normalized spacial score (nSPS) is 20.0. The predicted octanol–water partition coefficient (Wildman–Crippen LogP) is 3.67. The highest BCUT2D eigenvalue weighted by Gasteiger charge is 2.29. The fraction of sp³-hybridized carbons (Fsp3) is 0.476. The Hall–Kier alpha value is -2.47. The summed E-state index contributed by atoms with van der Waals surface area (Å²) in [5, 5.41) is 6.85. The van der Waals surface area contributed by atoms with Gasteiger partial charge in [0.05, 0.1) is 11.2 Å². The third kappa shape index (κ3) is 3.81. The Morgan fingerprint density at radius 2 is 2.07 bits per heavy atom. The molecule has 3 heterocycles. The first kappa shape index (κ1) is 17.9. The van der Waals surface area contributed by atoms with Crippen LogP contribution in [0.15, 0.2) is 35.7 Å². The smallest absolute Gasteiger partial charge is 0.155 e. The summed E-state index contributed by atoms with van der Waals surface area (Å²) in [6.45, 7) is 9.37. The monoisotopic (exact) mass is 365 g/mol. The molecule has 0 saturated carbocycles. The summed E-state index contributed by atoms with van der Waals surface area (Å²) in [5.41, 5.74) is 4.31. The van der Waals surface area contributed by atoms with Gasteiger partial charge in [-0.15, -0.1) is 0 Å². The number of aromatic nitrogens is 3. The molecule has 0 radical (unpaired) electrons. The van der Waals surface area contributed by atoms with Crippen LogP contribution in [0.25, 0.3) is 17.1 Å². The number of aryl methyl sites for hydroxylation is 1. The molecular weight excluding hydrogens is 338 g/mol. The van der Waals surface area contributed by atoms with Crippen molar-refractivity contribution in [3.05, 3.63) is 41.9 Å². The van der Waals surface area contributed by atoms with E-state index >= 15 is 0 Å². The van der Waals surface area contributed by atoms with Crippen molar-refractivity contribution in [2.45, 2.75) is 39.2 Å². The molecule has 2 aromatic rings. The summed E-state index contributed by atoms with van der Waals surface area (Å²) in [4.78, 5) is 11.5. The molecule has 6 heteroatoms. The maximum Gasteiger partial charge on any atom is 0.155 e. The second-order valence-corrected chi connectivity index (χ2v) is 8.00. The molecule has 0 amide bonds. The summed E-state index contributed by atoms with van der Waals surface area (Å²) >= 11 is 0. The van der Waals surface area contributed by atoms with Gasteiger partial charge in [0.1, 0.15) is 6.33 Å². The molecule has 142 valence electrons. The quantitative estimate of drug-likeness (QED) is 0.898. The van der Waals surface area contributed by atoms with Gasteiger partial charge in [0.15, 0.2) is 5.82 Å². The SMILES string of the molecule is Cc1cc(-c2ncn[nH]2)ccc1C1=CN(CC2CCOCC2)C(C)(C)C=N1. The summed E-state index contributed by atoms with van der Waals surface area (Å²) in [5.74, 6) is 1.46. The van der Waals surface area contributed by atoms with Gasteiger partial charge in [-0.3, -0.25) is 10.1 Å². The van der Waals surface area contributed by atoms with Gasteiger partial charge in [-0.25, -0.2) is 4.98 Å². The molecule has 1 aromatic carbocycles. The maximum absolute atomic E-state index is 5.52. The zero-order valence-corrected chi connectivity index (χ0v) is 16.3. The van der Waals surface area contributed by atoms with Crippen molar-refractivity contribution in [3.63, 3.8) is 0 Å². The largest absolute Gasteiger partial charge is 0.381 e. The molecule has 0 atom stereocenters. The molecule has 1 fully saturated rings. The summed E-state index contributed by atoms with van der Waals surface area (Å²) in [7, 11) is 0. The van der Waals surface area contributed by atoms with Crippen LogP contribution < -0.4 is 0 Å². The number of benzene rings is 1. The first-order valence-electron chi connectivity index (χ1n) is 9.61. The van der Waals surface area contributed by atoms with Gasteiger partial charge >= 0.3 is 0 Å². The van der Waals surface area contributed by atoms with Crippen molar-refractivity contribution in [3.8, 4) is 11.4 Å². The Labute approximate surface area is 160 Å². The minimum atomic E-state index is -0.0739. The standard InChI is InChI=1S/C21H27N5O/c1-15-10-17(20-23-14-24-25-20)4-5-18(15)19-12-26(21(2,3)13-22-19)11-16-6-8-27-9-7-16/h4-5,10,12-14,16H,6-9,11H2,1-3H3,(H,23,24,25). The fourth-order valence-corrected chi connectivity index (χ4v) is 3.73. The number of H-pyrrole nitrogens is 1. The minimum Gasteiger partial charge on any atom is -0.381 e. The molecule has 0 spiro atoms. The number of rotatable bonds is 4. The van der Waals surface area contributed by atoms with Gasteiger partial charge in [-0.1, -0.05) is 12.1 Å². The minimum absolute atomic E-state index is 0.0739. The van der Waals surface area contributed by atoms with Crippen LogP contribution in [0.4, 0.5) is 0 Å². The molecular formula is C21H27N5O. The van der Waals surface area contributed by atoms with Crippen molar-refractivity contribution in [2.75, 3.05) is 19.8 Å². The molecule has 1 N–H and O–H groups in total. The van der Waals surface area contributed by atoms with Crippen molar-refractivity contribution in [1.82, 2.24) is 20.1 Å². The average molecular weight is 365 g/mol. The molecule has 1 saturated heterocycles. The van der Waals surface area contributed by atoms with Crippen molar-refractivity contribution in [2.24, 2.45) is 10.9 Å². The van der Waals surface area contributed by atoms with Gasteiger partial charge in [0.2, 0.25) is 0 Å². The van der Waals surface area contributed by atoms with Crippen molar-refractivity contribution in [1.29, 1.82) is 0 Å². The topological polar surface area (TPSA) is 66.4 Å². The Morgan fingerprint density at radius 1 is 1.26 bits per heavy atom.